The zero-order chi connectivity index (χ0) is 8.39. The Balaban J connectivity index is 2.55. The van der Waals surface area contributed by atoms with Gasteiger partial charge < -0.3 is 4.42 Å². The number of hydrogen-bond donors (Lipinski definition) is 0. The summed E-state index contributed by atoms with van der Waals surface area (Å²) >= 11 is 5.94. The van der Waals surface area contributed by atoms with Crippen molar-refractivity contribution in [2.24, 2.45) is 0 Å². The Hall–Kier alpha value is -1.21. The van der Waals surface area contributed by atoms with Gasteiger partial charge in [0.1, 0.15) is 5.76 Å². The first-order chi connectivity index (χ1) is 5.88. The summed E-state index contributed by atoms with van der Waals surface area (Å²) in [6, 6.07) is 11.1. The molecule has 0 fully saturated rings. The predicted octanol–water partition coefficient (Wildman–Crippen LogP) is 3.40. The molecule has 1 nitrogen and oxygen atoms in total. The van der Waals surface area contributed by atoms with Gasteiger partial charge in [-0.2, -0.15) is 0 Å². The van der Waals surface area contributed by atoms with Crippen molar-refractivity contribution >= 4 is 11.6 Å². The van der Waals surface area contributed by atoms with E-state index < -0.39 is 0 Å². The van der Waals surface area contributed by atoms with Crippen LogP contribution in [0.1, 0.15) is 0 Å². The van der Waals surface area contributed by atoms with Crippen molar-refractivity contribution in [3.05, 3.63) is 47.7 Å². The van der Waals surface area contributed by atoms with Gasteiger partial charge in [0.05, 0.1) is 5.02 Å². The van der Waals surface area contributed by atoms with Gasteiger partial charge in [-0.3, -0.25) is 0 Å². The average molecular weight is 178 g/mol. The Morgan fingerprint density at radius 2 is 2.00 bits per heavy atom. The van der Waals surface area contributed by atoms with Gasteiger partial charge in [0.15, 0.2) is 6.26 Å². The first-order valence-electron chi connectivity index (χ1n) is 3.59. The molecule has 1 heterocycles. The predicted molar refractivity (Wildman–Crippen MR) is 48.0 cm³/mol. The van der Waals surface area contributed by atoms with Gasteiger partial charge in [0.2, 0.25) is 0 Å². The summed E-state index contributed by atoms with van der Waals surface area (Å²) in [6.07, 6.45) is 2.62. The summed E-state index contributed by atoms with van der Waals surface area (Å²) in [4.78, 5) is 0. The minimum atomic E-state index is 0.695. The largest absolute Gasteiger partial charge is 0.453 e. The molecule has 0 aliphatic rings. The molecule has 1 radical (unpaired) electrons. The SMILES string of the molecule is Clc1ccccc1-c1cc[c]o1. The molecule has 2 aromatic rings. The van der Waals surface area contributed by atoms with Crippen LogP contribution in [0.4, 0.5) is 0 Å². The Kier molecular flexibility index (Phi) is 1.88. The summed E-state index contributed by atoms with van der Waals surface area (Å²) < 4.78 is 5.09. The Morgan fingerprint density at radius 1 is 1.17 bits per heavy atom. The third-order valence-electron chi connectivity index (χ3n) is 1.61. The molecule has 1 aromatic carbocycles. The minimum absolute atomic E-state index is 0.695. The molecular formula is C10H6ClO. The van der Waals surface area contributed by atoms with Crippen LogP contribution in [0.5, 0.6) is 0 Å². The standard InChI is InChI=1S/C10H6ClO/c11-9-5-2-1-4-8(9)10-6-3-7-12-10/h1-6H. The van der Waals surface area contributed by atoms with Crippen molar-refractivity contribution in [3.63, 3.8) is 0 Å². The van der Waals surface area contributed by atoms with Crippen LogP contribution in [0.15, 0.2) is 40.8 Å². The summed E-state index contributed by atoms with van der Waals surface area (Å²) in [5.74, 6) is 0.751. The van der Waals surface area contributed by atoms with E-state index in [0.29, 0.717) is 5.02 Å². The number of rotatable bonds is 1. The molecule has 0 bridgehead atoms. The monoisotopic (exact) mass is 177 g/mol. The van der Waals surface area contributed by atoms with E-state index in [1.165, 1.54) is 0 Å². The molecule has 0 unspecified atom stereocenters. The molecule has 0 saturated carbocycles. The van der Waals surface area contributed by atoms with Gasteiger partial charge in [-0.05, 0) is 24.3 Å². The summed E-state index contributed by atoms with van der Waals surface area (Å²) in [7, 11) is 0. The minimum Gasteiger partial charge on any atom is -0.453 e. The fourth-order valence-electron chi connectivity index (χ4n) is 1.05. The fraction of sp³-hybridized carbons (Fsp3) is 0. The number of halogens is 1. The topological polar surface area (TPSA) is 13.1 Å². The Labute approximate surface area is 75.6 Å². The molecule has 2 rings (SSSR count). The maximum atomic E-state index is 5.94. The lowest BCUT2D eigenvalue weighted by Gasteiger charge is -1.97. The number of furan rings is 1. The highest BCUT2D eigenvalue weighted by molar-refractivity contribution is 6.33. The first-order valence-corrected chi connectivity index (χ1v) is 3.96. The summed E-state index contributed by atoms with van der Waals surface area (Å²) in [5.41, 5.74) is 0.903. The van der Waals surface area contributed by atoms with Crippen LogP contribution in [0.3, 0.4) is 0 Å². The van der Waals surface area contributed by atoms with E-state index in [-0.39, 0.29) is 0 Å². The third-order valence-corrected chi connectivity index (χ3v) is 1.94. The summed E-state index contributed by atoms with van der Waals surface area (Å²) in [5, 5.41) is 0.695. The number of benzene rings is 1. The highest BCUT2D eigenvalue weighted by atomic mass is 35.5. The van der Waals surface area contributed by atoms with E-state index in [9.17, 15) is 0 Å². The van der Waals surface area contributed by atoms with Crippen LogP contribution in [0.25, 0.3) is 11.3 Å². The molecule has 12 heavy (non-hydrogen) atoms. The second-order valence-corrected chi connectivity index (χ2v) is 2.80. The van der Waals surface area contributed by atoms with Crippen molar-refractivity contribution in [1.29, 1.82) is 0 Å². The number of hydrogen-bond acceptors (Lipinski definition) is 1. The van der Waals surface area contributed by atoms with E-state index in [1.807, 2.05) is 30.3 Å². The van der Waals surface area contributed by atoms with E-state index in [1.54, 1.807) is 6.07 Å². The molecule has 0 atom stereocenters. The molecule has 59 valence electrons. The van der Waals surface area contributed by atoms with E-state index in [4.69, 9.17) is 16.0 Å². The Morgan fingerprint density at radius 3 is 2.67 bits per heavy atom. The van der Waals surface area contributed by atoms with Gasteiger partial charge in [0, 0.05) is 5.56 Å². The molecule has 0 aliphatic heterocycles. The fourth-order valence-corrected chi connectivity index (χ4v) is 1.28. The van der Waals surface area contributed by atoms with E-state index >= 15 is 0 Å². The smallest absolute Gasteiger partial charge is 0.170 e. The lowest BCUT2D eigenvalue weighted by Crippen LogP contribution is -1.73. The van der Waals surface area contributed by atoms with Gasteiger partial charge in [0.25, 0.3) is 0 Å². The summed E-state index contributed by atoms with van der Waals surface area (Å²) in [6.45, 7) is 0. The molecular weight excluding hydrogens is 172 g/mol. The average Bonchev–Trinajstić information content (AvgIpc) is 2.57. The molecule has 0 aliphatic carbocycles. The highest BCUT2D eigenvalue weighted by Gasteiger charge is 2.03. The maximum Gasteiger partial charge on any atom is 0.170 e. The van der Waals surface area contributed by atoms with Crippen molar-refractivity contribution in [3.8, 4) is 11.3 Å². The van der Waals surface area contributed by atoms with E-state index in [0.717, 1.165) is 11.3 Å². The lowest BCUT2D eigenvalue weighted by molar-refractivity contribution is 0.573. The third kappa shape index (κ3) is 1.23. The van der Waals surface area contributed by atoms with Crippen molar-refractivity contribution in [2.75, 3.05) is 0 Å². The zero-order valence-electron chi connectivity index (χ0n) is 6.25. The van der Waals surface area contributed by atoms with Crippen LogP contribution in [0.2, 0.25) is 5.02 Å². The second-order valence-electron chi connectivity index (χ2n) is 2.40. The molecule has 1 aromatic heterocycles. The quantitative estimate of drug-likeness (QED) is 0.651. The van der Waals surface area contributed by atoms with Crippen molar-refractivity contribution < 1.29 is 4.42 Å². The van der Waals surface area contributed by atoms with Crippen molar-refractivity contribution in [1.82, 2.24) is 0 Å². The molecule has 0 saturated heterocycles. The van der Waals surface area contributed by atoms with Crippen LogP contribution in [-0.4, -0.2) is 0 Å². The lowest BCUT2D eigenvalue weighted by atomic mass is 10.2. The van der Waals surface area contributed by atoms with Gasteiger partial charge >= 0.3 is 0 Å². The van der Waals surface area contributed by atoms with Gasteiger partial charge in [-0.25, -0.2) is 0 Å². The maximum absolute atomic E-state index is 5.94. The van der Waals surface area contributed by atoms with Crippen LogP contribution in [0, 0.1) is 6.26 Å². The molecule has 0 spiro atoms. The molecule has 0 amide bonds. The highest BCUT2D eigenvalue weighted by Crippen LogP contribution is 2.27. The first kappa shape index (κ1) is 7.44. The van der Waals surface area contributed by atoms with Crippen LogP contribution >= 0.6 is 11.6 Å². The van der Waals surface area contributed by atoms with Crippen LogP contribution < -0.4 is 0 Å². The van der Waals surface area contributed by atoms with E-state index in [2.05, 4.69) is 6.26 Å². The van der Waals surface area contributed by atoms with Gasteiger partial charge in [-0.15, -0.1) is 0 Å². The second kappa shape index (κ2) is 3.03. The zero-order valence-corrected chi connectivity index (χ0v) is 7.01. The molecule has 0 N–H and O–H groups in total. The normalized spacial score (nSPS) is 10.1. The Bertz CT molecular complexity index is 365. The molecule has 2 heteroatoms. The van der Waals surface area contributed by atoms with Crippen molar-refractivity contribution in [2.45, 2.75) is 0 Å². The van der Waals surface area contributed by atoms with Gasteiger partial charge in [-0.1, -0.05) is 23.7 Å². The van der Waals surface area contributed by atoms with Crippen LogP contribution in [-0.2, 0) is 0 Å².